The van der Waals surface area contributed by atoms with Crippen molar-refractivity contribution in [2.45, 2.75) is 32.2 Å². The van der Waals surface area contributed by atoms with Crippen molar-refractivity contribution < 1.29 is 23.8 Å². The van der Waals surface area contributed by atoms with Gasteiger partial charge in [-0.15, -0.1) is 0 Å². The van der Waals surface area contributed by atoms with Crippen LogP contribution in [0.1, 0.15) is 13.8 Å². The van der Waals surface area contributed by atoms with Crippen LogP contribution in [0.15, 0.2) is 0 Å². The highest BCUT2D eigenvalue weighted by molar-refractivity contribution is 5.86. The molecule has 5 nitrogen and oxygen atoms in total. The standard InChI is InChI=1S/C9H12O5/c1-9(2)5-4(13-5)7(10)14-6(9)8(11)12-3/h4-6H,1-3H3/t4-,5+,6-/m1/s1. The second-order valence-corrected chi connectivity index (χ2v) is 4.14. The lowest BCUT2D eigenvalue weighted by molar-refractivity contribution is -0.178. The third-order valence-corrected chi connectivity index (χ3v) is 2.78. The maximum atomic E-state index is 11.3. The molecule has 2 heterocycles. The summed E-state index contributed by atoms with van der Waals surface area (Å²) in [5, 5.41) is 0. The van der Waals surface area contributed by atoms with Crippen LogP contribution in [0.25, 0.3) is 0 Å². The molecule has 14 heavy (non-hydrogen) atoms. The Hall–Kier alpha value is -1.10. The molecule has 0 bridgehead atoms. The third-order valence-electron chi connectivity index (χ3n) is 2.78. The number of carbonyl (C=O) groups excluding carboxylic acids is 2. The molecule has 0 unspecified atom stereocenters. The molecular weight excluding hydrogens is 188 g/mol. The predicted molar refractivity (Wildman–Crippen MR) is 44.3 cm³/mol. The molecule has 0 saturated carbocycles. The van der Waals surface area contributed by atoms with Crippen molar-refractivity contribution in [1.29, 1.82) is 0 Å². The number of carbonyl (C=O) groups is 2. The summed E-state index contributed by atoms with van der Waals surface area (Å²) in [5.41, 5.74) is -0.508. The van der Waals surface area contributed by atoms with E-state index in [0.29, 0.717) is 0 Å². The highest BCUT2D eigenvalue weighted by Gasteiger charge is 2.64. The summed E-state index contributed by atoms with van der Waals surface area (Å²) < 4.78 is 14.7. The summed E-state index contributed by atoms with van der Waals surface area (Å²) in [6, 6.07) is 0. The van der Waals surface area contributed by atoms with Crippen molar-refractivity contribution in [3.8, 4) is 0 Å². The number of rotatable bonds is 1. The molecule has 0 radical (unpaired) electrons. The van der Waals surface area contributed by atoms with Gasteiger partial charge in [0.2, 0.25) is 6.10 Å². The van der Waals surface area contributed by atoms with Crippen LogP contribution in [0.3, 0.4) is 0 Å². The van der Waals surface area contributed by atoms with Gasteiger partial charge in [0, 0.05) is 5.41 Å². The topological polar surface area (TPSA) is 65.1 Å². The Labute approximate surface area is 81.3 Å². The Bertz CT molecular complexity index is 296. The fourth-order valence-electron chi connectivity index (χ4n) is 1.80. The van der Waals surface area contributed by atoms with Gasteiger partial charge in [-0.3, -0.25) is 0 Å². The van der Waals surface area contributed by atoms with Crippen molar-refractivity contribution in [3.05, 3.63) is 0 Å². The zero-order chi connectivity index (χ0) is 10.5. The summed E-state index contributed by atoms with van der Waals surface area (Å²) in [6.45, 7) is 3.65. The van der Waals surface area contributed by atoms with Crippen molar-refractivity contribution in [1.82, 2.24) is 0 Å². The van der Waals surface area contributed by atoms with Gasteiger partial charge in [0.15, 0.2) is 6.10 Å². The van der Waals surface area contributed by atoms with Crippen LogP contribution in [0.4, 0.5) is 0 Å². The van der Waals surface area contributed by atoms with E-state index in [1.807, 2.05) is 13.8 Å². The van der Waals surface area contributed by atoms with Crippen molar-refractivity contribution in [2.75, 3.05) is 7.11 Å². The fourth-order valence-corrected chi connectivity index (χ4v) is 1.80. The lowest BCUT2D eigenvalue weighted by atomic mass is 9.80. The zero-order valence-electron chi connectivity index (χ0n) is 8.27. The molecule has 78 valence electrons. The monoisotopic (exact) mass is 200 g/mol. The summed E-state index contributed by atoms with van der Waals surface area (Å²) >= 11 is 0. The van der Waals surface area contributed by atoms with E-state index in [4.69, 9.17) is 9.47 Å². The number of ether oxygens (including phenoxy) is 3. The fraction of sp³-hybridized carbons (Fsp3) is 0.778. The van der Waals surface area contributed by atoms with E-state index >= 15 is 0 Å². The molecule has 0 amide bonds. The van der Waals surface area contributed by atoms with Gasteiger partial charge in [-0.25, -0.2) is 9.59 Å². The number of hydrogen-bond donors (Lipinski definition) is 0. The maximum Gasteiger partial charge on any atom is 0.347 e. The smallest absolute Gasteiger partial charge is 0.347 e. The molecule has 2 saturated heterocycles. The molecule has 2 fully saturated rings. The number of cyclic esters (lactones) is 1. The predicted octanol–water partition coefficient (Wildman–Crippen LogP) is -0.122. The van der Waals surface area contributed by atoms with Gasteiger partial charge in [-0.2, -0.15) is 0 Å². The van der Waals surface area contributed by atoms with E-state index < -0.39 is 29.6 Å². The summed E-state index contributed by atoms with van der Waals surface area (Å²) in [7, 11) is 1.27. The first kappa shape index (κ1) is 9.45. The van der Waals surface area contributed by atoms with E-state index in [1.54, 1.807) is 0 Å². The number of hydrogen-bond acceptors (Lipinski definition) is 5. The summed E-state index contributed by atoms with van der Waals surface area (Å²) in [6.07, 6.45) is -1.55. The Morgan fingerprint density at radius 1 is 1.50 bits per heavy atom. The SMILES string of the molecule is COC(=O)[C@H]1OC(=O)[C@@H]2O[C@@H]2C1(C)C. The largest absolute Gasteiger partial charge is 0.466 e. The molecule has 0 aromatic rings. The second kappa shape index (κ2) is 2.70. The Morgan fingerprint density at radius 2 is 2.14 bits per heavy atom. The van der Waals surface area contributed by atoms with Gasteiger partial charge < -0.3 is 14.2 Å². The minimum absolute atomic E-state index is 0.215. The summed E-state index contributed by atoms with van der Waals surface area (Å²) in [4.78, 5) is 22.5. The van der Waals surface area contributed by atoms with E-state index in [-0.39, 0.29) is 6.10 Å². The molecule has 2 rings (SSSR count). The average Bonchev–Trinajstić information content (AvgIpc) is 2.90. The lowest BCUT2D eigenvalue weighted by Crippen LogP contribution is -2.49. The molecular formula is C9H12O5. The van der Waals surface area contributed by atoms with E-state index in [0.717, 1.165) is 0 Å². The Kier molecular flexibility index (Phi) is 1.82. The van der Waals surface area contributed by atoms with Crippen molar-refractivity contribution >= 4 is 11.9 Å². The van der Waals surface area contributed by atoms with Crippen LogP contribution in [0.2, 0.25) is 0 Å². The zero-order valence-corrected chi connectivity index (χ0v) is 8.27. The molecule has 2 aliphatic rings. The molecule has 3 atom stereocenters. The van der Waals surface area contributed by atoms with Gasteiger partial charge in [0.1, 0.15) is 6.10 Å². The Balaban J connectivity index is 2.22. The molecule has 2 aliphatic heterocycles. The first-order valence-electron chi connectivity index (χ1n) is 4.42. The first-order valence-corrected chi connectivity index (χ1v) is 4.42. The van der Waals surface area contributed by atoms with Gasteiger partial charge in [-0.05, 0) is 0 Å². The van der Waals surface area contributed by atoms with Crippen LogP contribution >= 0.6 is 0 Å². The van der Waals surface area contributed by atoms with Crippen LogP contribution in [0, 0.1) is 5.41 Å². The normalized spacial score (nSPS) is 38.2. The quantitative estimate of drug-likeness (QED) is 0.436. The van der Waals surface area contributed by atoms with E-state index in [9.17, 15) is 9.59 Å². The maximum absolute atomic E-state index is 11.3. The molecule has 0 spiro atoms. The van der Waals surface area contributed by atoms with Crippen molar-refractivity contribution in [3.63, 3.8) is 0 Å². The third kappa shape index (κ3) is 1.12. The molecule has 5 heteroatoms. The number of methoxy groups -OCH3 is 1. The van der Waals surface area contributed by atoms with Crippen LogP contribution in [0.5, 0.6) is 0 Å². The highest BCUT2D eigenvalue weighted by Crippen LogP contribution is 2.46. The van der Waals surface area contributed by atoms with Crippen LogP contribution < -0.4 is 0 Å². The van der Waals surface area contributed by atoms with E-state index in [1.165, 1.54) is 7.11 Å². The van der Waals surface area contributed by atoms with Gasteiger partial charge >= 0.3 is 11.9 Å². The molecule has 0 aliphatic carbocycles. The number of fused-ring (bicyclic) bond motifs is 1. The second-order valence-electron chi connectivity index (χ2n) is 4.14. The molecule has 0 aromatic heterocycles. The average molecular weight is 200 g/mol. The molecule has 0 N–H and O–H groups in total. The number of epoxide rings is 1. The van der Waals surface area contributed by atoms with Crippen LogP contribution in [-0.4, -0.2) is 37.4 Å². The van der Waals surface area contributed by atoms with Gasteiger partial charge in [-0.1, -0.05) is 13.8 Å². The lowest BCUT2D eigenvalue weighted by Gasteiger charge is -2.32. The van der Waals surface area contributed by atoms with Crippen molar-refractivity contribution in [2.24, 2.45) is 5.41 Å². The van der Waals surface area contributed by atoms with Gasteiger partial charge in [0.05, 0.1) is 7.11 Å². The highest BCUT2D eigenvalue weighted by atomic mass is 16.7. The first-order chi connectivity index (χ1) is 6.48. The molecule has 0 aromatic carbocycles. The van der Waals surface area contributed by atoms with E-state index in [2.05, 4.69) is 4.74 Å². The minimum Gasteiger partial charge on any atom is -0.466 e. The minimum atomic E-state index is -0.858. The summed E-state index contributed by atoms with van der Waals surface area (Å²) in [5.74, 6) is -0.998. The number of esters is 2. The van der Waals surface area contributed by atoms with Gasteiger partial charge in [0.25, 0.3) is 0 Å². The van der Waals surface area contributed by atoms with Crippen LogP contribution in [-0.2, 0) is 23.8 Å². The Morgan fingerprint density at radius 3 is 2.71 bits per heavy atom.